The highest BCUT2D eigenvalue weighted by atomic mass is 31.2. The molecule has 0 aromatic heterocycles. The molecule has 0 saturated heterocycles. The normalized spacial score (nSPS) is 11.3. The summed E-state index contributed by atoms with van der Waals surface area (Å²) in [6.45, 7) is 4.35. The minimum Gasteiger partial charge on any atom is -0.435 e. The Labute approximate surface area is 174 Å². The Bertz CT molecular complexity index is 466. The van der Waals surface area contributed by atoms with Crippen LogP contribution in [0, 0.1) is 0 Å². The molecule has 0 aromatic rings. The number of carbonyl (C=O) groups is 2. The molecule has 29 heavy (non-hydrogen) atoms. The molecule has 0 fully saturated rings. The van der Waals surface area contributed by atoms with E-state index in [2.05, 4.69) is 13.8 Å². The molecule has 0 heterocycles. The second kappa shape index (κ2) is 21.2. The van der Waals surface area contributed by atoms with Gasteiger partial charge in [0.2, 0.25) is 0 Å². The topological polar surface area (TPSA) is 130 Å². The van der Waals surface area contributed by atoms with Gasteiger partial charge in [-0.3, -0.25) is 9.59 Å². The van der Waals surface area contributed by atoms with Gasteiger partial charge in [-0.2, -0.15) is 0 Å². The molecule has 0 saturated carbocycles. The molecular weight excluding hydrogens is 399 g/mol. The van der Waals surface area contributed by atoms with Crippen molar-refractivity contribution in [3.8, 4) is 0 Å². The van der Waals surface area contributed by atoms with Crippen molar-refractivity contribution < 1.29 is 38.3 Å². The van der Waals surface area contributed by atoms with Crippen molar-refractivity contribution >= 4 is 19.8 Å². The van der Waals surface area contributed by atoms with Crippen LogP contribution in [0.2, 0.25) is 0 Å². The van der Waals surface area contributed by atoms with Crippen LogP contribution < -0.4 is 0 Å². The summed E-state index contributed by atoms with van der Waals surface area (Å²) in [5.41, 5.74) is 0. The number of unbranched alkanes of at least 4 members (excludes halogenated alkanes) is 8. The third-order valence-corrected chi connectivity index (χ3v) is 3.57. The van der Waals surface area contributed by atoms with Gasteiger partial charge in [-0.05, 0) is 37.8 Å². The summed E-state index contributed by atoms with van der Waals surface area (Å²) in [6, 6.07) is 0. The predicted molar refractivity (Wildman–Crippen MR) is 111 cm³/mol. The first-order chi connectivity index (χ1) is 13.7. The van der Waals surface area contributed by atoms with Gasteiger partial charge in [-0.25, -0.2) is 4.57 Å². The smallest absolute Gasteiger partial charge is 0.435 e. The summed E-state index contributed by atoms with van der Waals surface area (Å²) in [5.74, 6) is -0.805. The van der Waals surface area contributed by atoms with E-state index in [1.165, 1.54) is 51.0 Å². The Morgan fingerprint density at radius 2 is 1.07 bits per heavy atom. The summed E-state index contributed by atoms with van der Waals surface area (Å²) in [4.78, 5) is 44.5. The molecule has 0 atom stereocenters. The molecule has 0 radical (unpaired) electrons. The number of allylic oxidation sites excluding steroid dienone is 2. The van der Waals surface area contributed by atoms with E-state index in [0.29, 0.717) is 0 Å². The van der Waals surface area contributed by atoms with E-state index in [4.69, 9.17) is 28.7 Å². The van der Waals surface area contributed by atoms with Gasteiger partial charge in [0, 0.05) is 0 Å². The van der Waals surface area contributed by atoms with Crippen LogP contribution in [-0.2, 0) is 23.6 Å². The molecule has 0 aliphatic carbocycles. The van der Waals surface area contributed by atoms with Crippen molar-refractivity contribution in [2.45, 2.75) is 90.9 Å². The second-order valence-electron chi connectivity index (χ2n) is 6.44. The van der Waals surface area contributed by atoms with Crippen molar-refractivity contribution in [2.75, 3.05) is 0 Å². The lowest BCUT2D eigenvalue weighted by molar-refractivity contribution is -0.144. The maximum absolute atomic E-state index is 11.5. The summed E-state index contributed by atoms with van der Waals surface area (Å²) in [5, 5.41) is 0. The van der Waals surface area contributed by atoms with E-state index < -0.39 is 19.8 Å². The second-order valence-corrected chi connectivity index (χ2v) is 7.46. The Hall–Kier alpha value is -1.47. The van der Waals surface area contributed by atoms with Gasteiger partial charge in [0.05, 0.1) is 25.4 Å². The highest BCUT2D eigenvalue weighted by Crippen LogP contribution is 2.25. The van der Waals surface area contributed by atoms with E-state index in [1.54, 1.807) is 0 Å². The van der Waals surface area contributed by atoms with Crippen LogP contribution in [0.3, 0.4) is 0 Å². The Balaban J connectivity index is 0. The van der Waals surface area contributed by atoms with Crippen LogP contribution in [0.15, 0.2) is 24.7 Å². The number of carbonyl (C=O) groups excluding carboxylic acids is 2. The van der Waals surface area contributed by atoms with Crippen molar-refractivity contribution in [1.82, 2.24) is 0 Å². The van der Waals surface area contributed by atoms with Crippen LogP contribution >= 0.6 is 7.82 Å². The molecule has 0 spiro atoms. The van der Waals surface area contributed by atoms with Gasteiger partial charge in [0.15, 0.2) is 0 Å². The predicted octanol–water partition coefficient (Wildman–Crippen LogP) is 4.89. The van der Waals surface area contributed by atoms with Crippen molar-refractivity contribution in [3.05, 3.63) is 24.7 Å². The molecule has 3 N–H and O–H groups in total. The van der Waals surface area contributed by atoms with Crippen molar-refractivity contribution in [2.24, 2.45) is 0 Å². The van der Waals surface area contributed by atoms with E-state index >= 15 is 0 Å². The van der Waals surface area contributed by atoms with Gasteiger partial charge in [0.25, 0.3) is 0 Å². The van der Waals surface area contributed by atoms with E-state index in [-0.39, 0.29) is 12.8 Å². The molecule has 8 nitrogen and oxygen atoms in total. The van der Waals surface area contributed by atoms with Gasteiger partial charge < -0.3 is 24.2 Å². The molecule has 170 valence electrons. The average molecular weight is 436 g/mol. The van der Waals surface area contributed by atoms with E-state index in [1.807, 2.05) is 12.2 Å². The standard InChI is InChI=1S/C20H34O4.H3O4P/c1-3-5-7-9-11-13-17-23-19(21)15-16-20(22)24-18-14-12-10-8-6-4-2;1-5(2,3)4/h13-14,17-18H,3-12,15-16H2,1-2H3;(H3,1,2,3,4). The maximum Gasteiger partial charge on any atom is 0.466 e. The summed E-state index contributed by atoms with van der Waals surface area (Å²) < 4.78 is 18.8. The molecule has 0 unspecified atom stereocenters. The lowest BCUT2D eigenvalue weighted by Gasteiger charge is -2.00. The lowest BCUT2D eigenvalue weighted by Crippen LogP contribution is -2.06. The first-order valence-corrected chi connectivity index (χ1v) is 11.7. The molecule has 0 rings (SSSR count). The number of phosphoric acid groups is 1. The van der Waals surface area contributed by atoms with Gasteiger partial charge >= 0.3 is 19.8 Å². The fourth-order valence-corrected chi connectivity index (χ4v) is 2.08. The van der Waals surface area contributed by atoms with E-state index in [0.717, 1.165) is 25.7 Å². The van der Waals surface area contributed by atoms with Crippen LogP contribution in [0.1, 0.15) is 90.9 Å². The third-order valence-electron chi connectivity index (χ3n) is 3.57. The highest BCUT2D eigenvalue weighted by molar-refractivity contribution is 7.45. The summed E-state index contributed by atoms with van der Waals surface area (Å²) >= 11 is 0. The fraction of sp³-hybridized carbons (Fsp3) is 0.700. The molecule has 0 aliphatic rings. The van der Waals surface area contributed by atoms with Gasteiger partial charge in [0.1, 0.15) is 0 Å². The van der Waals surface area contributed by atoms with Crippen LogP contribution in [0.5, 0.6) is 0 Å². The van der Waals surface area contributed by atoms with Crippen molar-refractivity contribution in [3.63, 3.8) is 0 Å². The minimum absolute atomic E-state index is 0.0450. The molecule has 0 amide bonds. The monoisotopic (exact) mass is 436 g/mol. The fourth-order valence-electron chi connectivity index (χ4n) is 2.08. The van der Waals surface area contributed by atoms with E-state index in [9.17, 15) is 9.59 Å². The Morgan fingerprint density at radius 3 is 1.38 bits per heavy atom. The molecule has 0 aliphatic heterocycles. The average Bonchev–Trinajstić information content (AvgIpc) is 2.63. The molecule has 9 heteroatoms. The molecule has 0 aromatic carbocycles. The Morgan fingerprint density at radius 1 is 0.724 bits per heavy atom. The SMILES string of the molecule is CCCCCCC=COC(=O)CCC(=O)OC=CCCCCCC.O=P(O)(O)O. The number of ether oxygens (including phenoxy) is 2. The largest absolute Gasteiger partial charge is 0.466 e. The number of hydrogen-bond donors (Lipinski definition) is 3. The van der Waals surface area contributed by atoms with Crippen LogP contribution in [0.4, 0.5) is 0 Å². The zero-order valence-electron chi connectivity index (χ0n) is 17.6. The molecular formula is C20H37O8P. The number of hydrogen-bond acceptors (Lipinski definition) is 5. The number of rotatable bonds is 15. The number of esters is 2. The quantitative estimate of drug-likeness (QED) is 0.143. The van der Waals surface area contributed by atoms with Crippen LogP contribution in [0.25, 0.3) is 0 Å². The van der Waals surface area contributed by atoms with Gasteiger partial charge in [-0.15, -0.1) is 0 Å². The molecule has 0 bridgehead atoms. The lowest BCUT2D eigenvalue weighted by atomic mass is 10.1. The maximum atomic E-state index is 11.5. The minimum atomic E-state index is -4.64. The highest BCUT2D eigenvalue weighted by Gasteiger charge is 2.07. The van der Waals surface area contributed by atoms with Gasteiger partial charge in [-0.1, -0.05) is 52.4 Å². The zero-order valence-corrected chi connectivity index (χ0v) is 18.5. The van der Waals surface area contributed by atoms with Crippen molar-refractivity contribution in [1.29, 1.82) is 0 Å². The Kier molecular flexibility index (Phi) is 21.8. The zero-order chi connectivity index (χ0) is 22.4. The summed E-state index contributed by atoms with van der Waals surface area (Å²) in [6.07, 6.45) is 18.0. The summed E-state index contributed by atoms with van der Waals surface area (Å²) in [7, 11) is -4.64. The third kappa shape index (κ3) is 34.4. The first kappa shape index (κ1) is 29.7. The van der Waals surface area contributed by atoms with Crippen LogP contribution in [-0.4, -0.2) is 26.6 Å². The first-order valence-electron chi connectivity index (χ1n) is 10.2.